The SMILES string of the molecule is C=C/C(CC)=C(/C(=[Se])N1CCCC1)c1ccccc1. The van der Waals surface area contributed by atoms with E-state index in [2.05, 4.69) is 64.3 Å². The van der Waals surface area contributed by atoms with E-state index in [-0.39, 0.29) is 0 Å². The summed E-state index contributed by atoms with van der Waals surface area (Å²) >= 11 is 3.30. The van der Waals surface area contributed by atoms with Crippen LogP contribution in [0.3, 0.4) is 0 Å². The molecule has 1 fully saturated rings. The van der Waals surface area contributed by atoms with Crippen molar-refractivity contribution in [3.63, 3.8) is 0 Å². The van der Waals surface area contributed by atoms with E-state index in [1.165, 1.54) is 34.1 Å². The van der Waals surface area contributed by atoms with Gasteiger partial charge in [-0.05, 0) is 0 Å². The standard InChI is InChI=1S/C17H21NSe/c1-3-14(4-2)16(15-10-6-5-7-11-15)17(19)18-12-8-9-13-18/h3,5-7,10-11H,1,4,8-9,12-13H2,2H3/b16-14-. The number of rotatable bonds is 5. The predicted octanol–water partition coefficient (Wildman–Crippen LogP) is 3.43. The Morgan fingerprint density at radius 2 is 1.89 bits per heavy atom. The third kappa shape index (κ3) is 3.26. The molecule has 0 aromatic heterocycles. The second-order valence-corrected chi connectivity index (χ2v) is 5.63. The summed E-state index contributed by atoms with van der Waals surface area (Å²) in [5.74, 6) is 0. The topological polar surface area (TPSA) is 3.24 Å². The first-order valence-electron chi connectivity index (χ1n) is 6.98. The van der Waals surface area contributed by atoms with Crippen molar-refractivity contribution in [2.75, 3.05) is 13.1 Å². The van der Waals surface area contributed by atoms with Gasteiger partial charge in [-0.1, -0.05) is 0 Å². The summed E-state index contributed by atoms with van der Waals surface area (Å²) in [6.45, 7) is 8.49. The van der Waals surface area contributed by atoms with Crippen LogP contribution in [0, 0.1) is 0 Å². The first-order chi connectivity index (χ1) is 9.27. The van der Waals surface area contributed by atoms with Gasteiger partial charge in [0.15, 0.2) is 0 Å². The summed E-state index contributed by atoms with van der Waals surface area (Å²) in [4.78, 5) is 2.46. The number of hydrogen-bond acceptors (Lipinski definition) is 1. The maximum atomic E-state index is 3.98. The Bertz CT molecular complexity index is 481. The van der Waals surface area contributed by atoms with Crippen LogP contribution in [-0.4, -0.2) is 38.1 Å². The van der Waals surface area contributed by atoms with Crippen LogP contribution in [0.5, 0.6) is 0 Å². The molecule has 1 aliphatic rings. The Hall–Kier alpha value is -1.11. The summed E-state index contributed by atoms with van der Waals surface area (Å²) in [5, 5.41) is 0. The van der Waals surface area contributed by atoms with Crippen molar-refractivity contribution in [3.8, 4) is 0 Å². The third-order valence-electron chi connectivity index (χ3n) is 3.62. The van der Waals surface area contributed by atoms with Crippen molar-refractivity contribution in [2.24, 2.45) is 0 Å². The normalized spacial score (nSPS) is 16.2. The monoisotopic (exact) mass is 319 g/mol. The zero-order chi connectivity index (χ0) is 13.7. The van der Waals surface area contributed by atoms with E-state index < -0.39 is 0 Å². The van der Waals surface area contributed by atoms with Crippen molar-refractivity contribution in [1.82, 2.24) is 4.90 Å². The quantitative estimate of drug-likeness (QED) is 0.594. The van der Waals surface area contributed by atoms with Gasteiger partial charge < -0.3 is 0 Å². The van der Waals surface area contributed by atoms with E-state index >= 15 is 0 Å². The summed E-state index contributed by atoms with van der Waals surface area (Å²) in [7, 11) is 0. The molecule has 0 aliphatic carbocycles. The van der Waals surface area contributed by atoms with Gasteiger partial charge in [0.2, 0.25) is 0 Å². The van der Waals surface area contributed by atoms with Gasteiger partial charge >= 0.3 is 124 Å². The molecule has 0 N–H and O–H groups in total. The van der Waals surface area contributed by atoms with Gasteiger partial charge in [-0.15, -0.1) is 0 Å². The first-order valence-corrected chi connectivity index (χ1v) is 7.83. The summed E-state index contributed by atoms with van der Waals surface area (Å²) in [6.07, 6.45) is 5.59. The van der Waals surface area contributed by atoms with Crippen LogP contribution in [0.25, 0.3) is 5.57 Å². The maximum absolute atomic E-state index is 3.98. The zero-order valence-corrected chi connectivity index (χ0v) is 13.3. The molecule has 0 radical (unpaired) electrons. The van der Waals surface area contributed by atoms with Crippen molar-refractivity contribution in [3.05, 3.63) is 54.1 Å². The molecule has 0 spiro atoms. The predicted molar refractivity (Wildman–Crippen MR) is 85.4 cm³/mol. The van der Waals surface area contributed by atoms with Crippen LogP contribution in [0.1, 0.15) is 31.7 Å². The fourth-order valence-corrected chi connectivity index (χ4v) is 3.46. The van der Waals surface area contributed by atoms with Gasteiger partial charge in [0.05, 0.1) is 0 Å². The Kier molecular flexibility index (Phi) is 5.18. The average Bonchev–Trinajstić information content (AvgIpc) is 2.99. The molecule has 1 saturated heterocycles. The van der Waals surface area contributed by atoms with Gasteiger partial charge in [-0.2, -0.15) is 0 Å². The van der Waals surface area contributed by atoms with E-state index in [4.69, 9.17) is 0 Å². The van der Waals surface area contributed by atoms with Crippen LogP contribution in [0.15, 0.2) is 48.6 Å². The Morgan fingerprint density at radius 3 is 2.42 bits per heavy atom. The minimum atomic E-state index is 1.01. The summed E-state index contributed by atoms with van der Waals surface area (Å²) in [5.41, 5.74) is 3.91. The van der Waals surface area contributed by atoms with Crippen LogP contribution >= 0.6 is 0 Å². The van der Waals surface area contributed by atoms with Gasteiger partial charge in [-0.25, -0.2) is 0 Å². The molecule has 1 nitrogen and oxygen atoms in total. The Labute approximate surface area is 124 Å². The first kappa shape index (κ1) is 14.3. The molecule has 1 aromatic rings. The number of allylic oxidation sites excluding steroid dienone is 2. The average molecular weight is 318 g/mol. The summed E-state index contributed by atoms with van der Waals surface area (Å²) in [6, 6.07) is 10.6. The fraction of sp³-hybridized carbons (Fsp3) is 0.353. The van der Waals surface area contributed by atoms with Crippen LogP contribution in [0.4, 0.5) is 0 Å². The molecule has 0 saturated carbocycles. The fourth-order valence-electron chi connectivity index (χ4n) is 2.55. The van der Waals surface area contributed by atoms with E-state index in [1.807, 2.05) is 6.08 Å². The van der Waals surface area contributed by atoms with Crippen LogP contribution in [0.2, 0.25) is 0 Å². The number of nitrogens with zero attached hydrogens (tertiary/aromatic N) is 1. The molecule has 2 rings (SSSR count). The van der Waals surface area contributed by atoms with E-state index in [0.717, 1.165) is 19.5 Å². The van der Waals surface area contributed by atoms with Gasteiger partial charge in [-0.3, -0.25) is 0 Å². The second-order valence-electron chi connectivity index (χ2n) is 4.82. The molecule has 1 aromatic carbocycles. The summed E-state index contributed by atoms with van der Waals surface area (Å²) < 4.78 is 1.28. The second kappa shape index (κ2) is 6.88. The molecule has 0 amide bonds. The minimum absolute atomic E-state index is 1.01. The molecule has 19 heavy (non-hydrogen) atoms. The molecular weight excluding hydrogens is 297 g/mol. The van der Waals surface area contributed by atoms with Gasteiger partial charge in [0.1, 0.15) is 0 Å². The molecule has 0 atom stereocenters. The van der Waals surface area contributed by atoms with E-state index in [9.17, 15) is 0 Å². The number of likely N-dealkylation sites (tertiary alicyclic amines) is 1. The van der Waals surface area contributed by atoms with Crippen molar-refractivity contribution < 1.29 is 0 Å². The Morgan fingerprint density at radius 1 is 1.26 bits per heavy atom. The molecular formula is C17H21NSe. The van der Waals surface area contributed by atoms with Crippen molar-refractivity contribution in [2.45, 2.75) is 26.2 Å². The van der Waals surface area contributed by atoms with Crippen LogP contribution < -0.4 is 0 Å². The van der Waals surface area contributed by atoms with E-state index in [1.54, 1.807) is 0 Å². The van der Waals surface area contributed by atoms with Gasteiger partial charge in [0, 0.05) is 0 Å². The van der Waals surface area contributed by atoms with E-state index in [0.29, 0.717) is 0 Å². The third-order valence-corrected chi connectivity index (χ3v) is 4.59. The zero-order valence-electron chi connectivity index (χ0n) is 11.6. The Balaban J connectivity index is 2.43. The molecule has 1 aliphatic heterocycles. The van der Waals surface area contributed by atoms with Crippen molar-refractivity contribution >= 4 is 25.7 Å². The van der Waals surface area contributed by atoms with Crippen LogP contribution in [-0.2, 0) is 0 Å². The molecule has 0 unspecified atom stereocenters. The molecule has 0 bridgehead atoms. The number of hydrogen-bond donors (Lipinski definition) is 0. The van der Waals surface area contributed by atoms with Crippen molar-refractivity contribution in [1.29, 1.82) is 0 Å². The molecule has 1 heterocycles. The molecule has 100 valence electrons. The number of benzene rings is 1. The molecule has 2 heteroatoms. The van der Waals surface area contributed by atoms with Gasteiger partial charge in [0.25, 0.3) is 0 Å².